The van der Waals surface area contributed by atoms with Crippen molar-refractivity contribution >= 4 is 22.2 Å². The van der Waals surface area contributed by atoms with Crippen molar-refractivity contribution in [1.82, 2.24) is 10.2 Å². The second kappa shape index (κ2) is 6.35. The number of carbonyl (C=O) groups excluding carboxylic acids is 1. The van der Waals surface area contributed by atoms with Crippen molar-refractivity contribution in [2.24, 2.45) is 0 Å². The third kappa shape index (κ3) is 3.18. The Hall–Kier alpha value is -1.42. The van der Waals surface area contributed by atoms with Gasteiger partial charge in [-0.3, -0.25) is 9.69 Å². The number of aryl methyl sites for hydroxylation is 1. The Labute approximate surface area is 123 Å². The monoisotopic (exact) mass is 292 g/mol. The fraction of sp³-hybridized carbons (Fsp3) is 0.571. The highest BCUT2D eigenvalue weighted by molar-refractivity contribution is 7.16. The van der Waals surface area contributed by atoms with E-state index >= 15 is 0 Å². The van der Waals surface area contributed by atoms with Gasteiger partial charge in [0.25, 0.3) is 0 Å². The average Bonchev–Trinajstić information content (AvgIpc) is 2.95. The zero-order valence-corrected chi connectivity index (χ0v) is 12.9. The standard InChI is InChI=1S/C14H20N4OS/c1-9-10(2)20-14(12(9)6-15)17-13(19)8-18-5-4-11(7-18)16-3/h11,16H,4-5,7-8H2,1-3H3,(H,17,19). The highest BCUT2D eigenvalue weighted by atomic mass is 32.1. The summed E-state index contributed by atoms with van der Waals surface area (Å²) in [5, 5.41) is 16.0. The van der Waals surface area contributed by atoms with Crippen molar-refractivity contribution < 1.29 is 4.79 Å². The number of nitriles is 1. The van der Waals surface area contributed by atoms with E-state index in [4.69, 9.17) is 5.26 Å². The normalized spacial score (nSPS) is 19.0. The quantitative estimate of drug-likeness (QED) is 0.882. The van der Waals surface area contributed by atoms with Gasteiger partial charge in [0, 0.05) is 24.0 Å². The molecule has 20 heavy (non-hydrogen) atoms. The van der Waals surface area contributed by atoms with Crippen LogP contribution in [-0.2, 0) is 4.79 Å². The van der Waals surface area contributed by atoms with Crippen LogP contribution in [0.4, 0.5) is 5.00 Å². The van der Waals surface area contributed by atoms with E-state index in [1.807, 2.05) is 20.9 Å². The molecule has 0 radical (unpaired) electrons. The molecule has 0 saturated carbocycles. The molecule has 1 aromatic rings. The molecule has 5 nitrogen and oxygen atoms in total. The lowest BCUT2D eigenvalue weighted by Gasteiger charge is -2.15. The van der Waals surface area contributed by atoms with Gasteiger partial charge in [0.1, 0.15) is 11.1 Å². The number of anilines is 1. The van der Waals surface area contributed by atoms with Crippen molar-refractivity contribution in [3.05, 3.63) is 16.0 Å². The van der Waals surface area contributed by atoms with Gasteiger partial charge in [-0.25, -0.2) is 0 Å². The van der Waals surface area contributed by atoms with Gasteiger partial charge in [0.05, 0.1) is 12.1 Å². The second-order valence-electron chi connectivity index (χ2n) is 5.16. The van der Waals surface area contributed by atoms with Crippen LogP contribution in [0.1, 0.15) is 22.4 Å². The van der Waals surface area contributed by atoms with Gasteiger partial charge in [0.15, 0.2) is 0 Å². The second-order valence-corrected chi connectivity index (χ2v) is 6.38. The lowest BCUT2D eigenvalue weighted by molar-refractivity contribution is -0.117. The van der Waals surface area contributed by atoms with Crippen molar-refractivity contribution in [2.45, 2.75) is 26.3 Å². The van der Waals surface area contributed by atoms with Crippen LogP contribution in [0, 0.1) is 25.2 Å². The summed E-state index contributed by atoms with van der Waals surface area (Å²) in [6.07, 6.45) is 1.07. The van der Waals surface area contributed by atoms with Crippen LogP contribution in [0.3, 0.4) is 0 Å². The fourth-order valence-electron chi connectivity index (χ4n) is 2.43. The lowest BCUT2D eigenvalue weighted by Crippen LogP contribution is -2.34. The SMILES string of the molecule is CNC1CCN(CC(=O)Nc2sc(C)c(C)c2C#N)C1. The highest BCUT2D eigenvalue weighted by Gasteiger charge is 2.23. The molecule has 1 saturated heterocycles. The van der Waals surface area contributed by atoms with Crippen LogP contribution in [-0.4, -0.2) is 43.5 Å². The van der Waals surface area contributed by atoms with Crippen molar-refractivity contribution in [3.63, 3.8) is 0 Å². The van der Waals surface area contributed by atoms with Gasteiger partial charge in [-0.1, -0.05) is 0 Å². The molecule has 0 aliphatic carbocycles. The number of nitrogens with one attached hydrogen (secondary N) is 2. The minimum atomic E-state index is -0.0421. The van der Waals surface area contributed by atoms with Gasteiger partial charge in [-0.05, 0) is 32.9 Å². The van der Waals surface area contributed by atoms with Crippen LogP contribution in [0.25, 0.3) is 0 Å². The topological polar surface area (TPSA) is 68.2 Å². The smallest absolute Gasteiger partial charge is 0.239 e. The number of amides is 1. The first-order valence-electron chi connectivity index (χ1n) is 6.74. The van der Waals surface area contributed by atoms with E-state index in [1.165, 1.54) is 11.3 Å². The summed E-state index contributed by atoms with van der Waals surface area (Å²) in [7, 11) is 1.95. The number of rotatable bonds is 4. The van der Waals surface area contributed by atoms with Gasteiger partial charge < -0.3 is 10.6 Å². The van der Waals surface area contributed by atoms with Crippen LogP contribution in [0.2, 0.25) is 0 Å². The molecule has 1 fully saturated rings. The minimum absolute atomic E-state index is 0.0421. The summed E-state index contributed by atoms with van der Waals surface area (Å²) in [5.41, 5.74) is 1.56. The van der Waals surface area contributed by atoms with Crippen LogP contribution in [0.5, 0.6) is 0 Å². The Balaban J connectivity index is 1.96. The van der Waals surface area contributed by atoms with Crippen LogP contribution < -0.4 is 10.6 Å². The molecular formula is C14H20N4OS. The van der Waals surface area contributed by atoms with Crippen molar-refractivity contribution in [2.75, 3.05) is 32.0 Å². The molecule has 108 valence electrons. The van der Waals surface area contributed by atoms with Gasteiger partial charge in [-0.2, -0.15) is 5.26 Å². The molecule has 1 atom stereocenters. The Bertz CT molecular complexity index is 546. The first-order chi connectivity index (χ1) is 9.55. The molecule has 2 heterocycles. The molecule has 1 aromatic heterocycles. The van der Waals surface area contributed by atoms with E-state index in [2.05, 4.69) is 21.6 Å². The van der Waals surface area contributed by atoms with Gasteiger partial charge in [-0.15, -0.1) is 11.3 Å². The van der Waals surface area contributed by atoms with Gasteiger partial charge >= 0.3 is 0 Å². The van der Waals surface area contributed by atoms with E-state index in [9.17, 15) is 4.79 Å². The average molecular weight is 292 g/mol. The maximum Gasteiger partial charge on any atom is 0.239 e. The Morgan fingerprint density at radius 1 is 1.55 bits per heavy atom. The molecule has 6 heteroatoms. The summed E-state index contributed by atoms with van der Waals surface area (Å²) in [6, 6.07) is 2.65. The number of thiophene rings is 1. The van der Waals surface area contributed by atoms with Crippen LogP contribution in [0.15, 0.2) is 0 Å². The van der Waals surface area contributed by atoms with E-state index < -0.39 is 0 Å². The predicted octanol–water partition coefficient (Wildman–Crippen LogP) is 1.47. The molecule has 0 aromatic carbocycles. The predicted molar refractivity (Wildman–Crippen MR) is 81.0 cm³/mol. The minimum Gasteiger partial charge on any atom is -0.316 e. The molecule has 0 bridgehead atoms. The molecule has 2 N–H and O–H groups in total. The summed E-state index contributed by atoms with van der Waals surface area (Å²) in [5.74, 6) is -0.0421. The zero-order chi connectivity index (χ0) is 14.7. The summed E-state index contributed by atoms with van der Waals surface area (Å²) < 4.78 is 0. The number of carbonyl (C=O) groups is 1. The number of likely N-dealkylation sites (N-methyl/N-ethyl adjacent to an activating group) is 1. The van der Waals surface area contributed by atoms with Crippen LogP contribution >= 0.6 is 11.3 Å². The molecular weight excluding hydrogens is 272 g/mol. The summed E-state index contributed by atoms with van der Waals surface area (Å²) in [4.78, 5) is 15.3. The lowest BCUT2D eigenvalue weighted by atomic mass is 10.2. The first kappa shape index (κ1) is 15.0. The Morgan fingerprint density at radius 3 is 2.90 bits per heavy atom. The fourth-order valence-corrected chi connectivity index (χ4v) is 3.46. The summed E-state index contributed by atoms with van der Waals surface area (Å²) in [6.45, 7) is 6.11. The van der Waals surface area contributed by atoms with Crippen molar-refractivity contribution in [3.8, 4) is 6.07 Å². The Morgan fingerprint density at radius 2 is 2.30 bits per heavy atom. The largest absolute Gasteiger partial charge is 0.316 e. The number of likely N-dealkylation sites (tertiary alicyclic amines) is 1. The maximum atomic E-state index is 12.1. The number of hydrogen-bond donors (Lipinski definition) is 2. The molecule has 2 rings (SSSR count). The van der Waals surface area contributed by atoms with Crippen molar-refractivity contribution in [1.29, 1.82) is 5.26 Å². The van der Waals surface area contributed by atoms with E-state index in [1.54, 1.807) is 0 Å². The molecule has 0 spiro atoms. The molecule has 1 amide bonds. The summed E-state index contributed by atoms with van der Waals surface area (Å²) >= 11 is 1.47. The molecule has 1 aliphatic rings. The van der Waals surface area contributed by atoms with E-state index in [0.29, 0.717) is 23.2 Å². The highest BCUT2D eigenvalue weighted by Crippen LogP contribution is 2.31. The zero-order valence-electron chi connectivity index (χ0n) is 12.1. The van der Waals surface area contributed by atoms with Gasteiger partial charge in [0.2, 0.25) is 5.91 Å². The molecule has 1 unspecified atom stereocenters. The number of hydrogen-bond acceptors (Lipinski definition) is 5. The number of nitrogens with zero attached hydrogens (tertiary/aromatic N) is 2. The van der Waals surface area contributed by atoms with E-state index in [-0.39, 0.29) is 5.91 Å². The van der Waals surface area contributed by atoms with E-state index in [0.717, 1.165) is 30.0 Å². The molecule has 1 aliphatic heterocycles. The third-order valence-electron chi connectivity index (χ3n) is 3.80. The third-order valence-corrected chi connectivity index (χ3v) is 4.92. The first-order valence-corrected chi connectivity index (χ1v) is 7.56. The maximum absolute atomic E-state index is 12.1. The Kier molecular flexibility index (Phi) is 4.76.